The Kier molecular flexibility index (Phi) is 6.32. The Morgan fingerprint density at radius 3 is 2.71 bits per heavy atom. The maximum atomic E-state index is 13.3. The first-order valence-corrected chi connectivity index (χ1v) is 7.98. The van der Waals surface area contributed by atoms with Crippen molar-refractivity contribution in [3.8, 4) is 5.75 Å². The molecule has 4 nitrogen and oxygen atoms in total. The van der Waals surface area contributed by atoms with Gasteiger partial charge in [0.2, 0.25) is 5.91 Å². The van der Waals surface area contributed by atoms with Gasteiger partial charge in [-0.1, -0.05) is 24.3 Å². The Balaban J connectivity index is 2.01. The fourth-order valence-electron chi connectivity index (χ4n) is 2.35. The zero-order chi connectivity index (χ0) is 17.5. The van der Waals surface area contributed by atoms with E-state index in [1.807, 2.05) is 56.1 Å². The average Bonchev–Trinajstić information content (AvgIpc) is 2.56. The summed E-state index contributed by atoms with van der Waals surface area (Å²) in [6, 6.07) is 13.4. The number of amides is 1. The molecule has 0 saturated carbocycles. The summed E-state index contributed by atoms with van der Waals surface area (Å²) in [5, 5.41) is 2.89. The van der Waals surface area contributed by atoms with E-state index in [1.54, 1.807) is 6.07 Å². The quantitative estimate of drug-likeness (QED) is 0.842. The zero-order valence-electron chi connectivity index (χ0n) is 14.3. The summed E-state index contributed by atoms with van der Waals surface area (Å²) in [6.45, 7) is 4.73. The van der Waals surface area contributed by atoms with Crippen LogP contribution < -0.4 is 10.1 Å². The van der Waals surface area contributed by atoms with Gasteiger partial charge in [0, 0.05) is 6.54 Å². The number of hydrogen-bond acceptors (Lipinski definition) is 3. The van der Waals surface area contributed by atoms with E-state index in [0.717, 1.165) is 5.56 Å². The highest BCUT2D eigenvalue weighted by Gasteiger charge is 2.19. The number of nitrogens with one attached hydrogen (secondary N) is 1. The van der Waals surface area contributed by atoms with Crippen LogP contribution in [0.3, 0.4) is 0 Å². The third-order valence-corrected chi connectivity index (χ3v) is 3.81. The molecule has 0 saturated heterocycles. The number of benzene rings is 2. The number of hydrogen-bond donors (Lipinski definition) is 1. The number of halogens is 1. The van der Waals surface area contributed by atoms with Gasteiger partial charge in [-0.3, -0.25) is 9.69 Å². The summed E-state index contributed by atoms with van der Waals surface area (Å²) in [5.41, 5.74) is 1.47. The lowest BCUT2D eigenvalue weighted by molar-refractivity contribution is -0.120. The molecular formula is C19H23FN2O2. The number of rotatable bonds is 7. The molecule has 2 rings (SSSR count). The molecule has 1 N–H and O–H groups in total. The van der Waals surface area contributed by atoms with Crippen molar-refractivity contribution in [3.05, 3.63) is 59.9 Å². The lowest BCUT2D eigenvalue weighted by Crippen LogP contribution is -2.39. The van der Waals surface area contributed by atoms with Crippen LogP contribution in [0, 0.1) is 5.82 Å². The summed E-state index contributed by atoms with van der Waals surface area (Å²) in [4.78, 5) is 14.4. The molecule has 0 radical (unpaired) electrons. The van der Waals surface area contributed by atoms with E-state index in [9.17, 15) is 9.18 Å². The van der Waals surface area contributed by atoms with Crippen molar-refractivity contribution in [3.63, 3.8) is 0 Å². The first-order valence-electron chi connectivity index (χ1n) is 7.98. The van der Waals surface area contributed by atoms with Crippen LogP contribution in [-0.2, 0) is 11.3 Å². The molecule has 128 valence electrons. The van der Waals surface area contributed by atoms with Gasteiger partial charge in [0.1, 0.15) is 11.6 Å². The topological polar surface area (TPSA) is 41.6 Å². The Hall–Kier alpha value is -2.40. The minimum atomic E-state index is -0.372. The molecule has 0 fully saturated rings. The van der Waals surface area contributed by atoms with E-state index < -0.39 is 0 Å². The van der Waals surface area contributed by atoms with E-state index in [2.05, 4.69) is 5.32 Å². The fraction of sp³-hybridized carbons (Fsp3) is 0.316. The van der Waals surface area contributed by atoms with Crippen LogP contribution in [0.15, 0.2) is 48.5 Å². The van der Waals surface area contributed by atoms with Crippen LogP contribution in [0.5, 0.6) is 5.75 Å². The Morgan fingerprint density at radius 2 is 2.00 bits per heavy atom. The van der Waals surface area contributed by atoms with Crippen LogP contribution in [0.4, 0.5) is 10.1 Å². The van der Waals surface area contributed by atoms with Crippen molar-refractivity contribution >= 4 is 11.6 Å². The summed E-state index contributed by atoms with van der Waals surface area (Å²) in [5.74, 6) is 0.234. The highest BCUT2D eigenvalue weighted by molar-refractivity contribution is 5.95. The van der Waals surface area contributed by atoms with Crippen molar-refractivity contribution in [1.29, 1.82) is 0 Å². The largest absolute Gasteiger partial charge is 0.492 e. The monoisotopic (exact) mass is 330 g/mol. The van der Waals surface area contributed by atoms with E-state index in [0.29, 0.717) is 24.6 Å². The number of likely N-dealkylation sites (N-methyl/N-ethyl adjacent to an activating group) is 1. The molecule has 2 aromatic carbocycles. The van der Waals surface area contributed by atoms with E-state index >= 15 is 0 Å². The second kappa shape index (κ2) is 8.45. The maximum absolute atomic E-state index is 13.3. The summed E-state index contributed by atoms with van der Waals surface area (Å²) < 4.78 is 18.8. The van der Waals surface area contributed by atoms with E-state index in [4.69, 9.17) is 4.74 Å². The third-order valence-electron chi connectivity index (χ3n) is 3.81. The van der Waals surface area contributed by atoms with Gasteiger partial charge < -0.3 is 10.1 Å². The zero-order valence-corrected chi connectivity index (χ0v) is 14.3. The molecule has 0 heterocycles. The Bertz CT molecular complexity index is 691. The maximum Gasteiger partial charge on any atom is 0.241 e. The summed E-state index contributed by atoms with van der Waals surface area (Å²) in [7, 11) is 1.84. The smallest absolute Gasteiger partial charge is 0.241 e. The standard InChI is InChI=1S/C19H23FN2O2/c1-4-24-18-11-6-5-10-17(18)21-19(23)14(2)22(3)13-15-8-7-9-16(20)12-15/h5-12,14H,4,13H2,1-3H3,(H,21,23). The third kappa shape index (κ3) is 4.80. The van der Waals surface area contributed by atoms with Gasteiger partial charge in [0.25, 0.3) is 0 Å². The first-order chi connectivity index (χ1) is 11.5. The van der Waals surface area contributed by atoms with Crippen LogP contribution >= 0.6 is 0 Å². The summed E-state index contributed by atoms with van der Waals surface area (Å²) >= 11 is 0. The first kappa shape index (κ1) is 17.9. The van der Waals surface area contributed by atoms with Gasteiger partial charge in [-0.2, -0.15) is 0 Å². The molecule has 0 aliphatic heterocycles. The van der Waals surface area contributed by atoms with Gasteiger partial charge in [-0.25, -0.2) is 4.39 Å². The molecular weight excluding hydrogens is 307 g/mol. The van der Waals surface area contributed by atoms with Crippen molar-refractivity contribution in [1.82, 2.24) is 4.90 Å². The van der Waals surface area contributed by atoms with Gasteiger partial charge >= 0.3 is 0 Å². The second-order valence-electron chi connectivity index (χ2n) is 5.64. The van der Waals surface area contributed by atoms with E-state index in [1.165, 1.54) is 12.1 Å². The minimum absolute atomic E-state index is 0.138. The van der Waals surface area contributed by atoms with Crippen LogP contribution in [-0.4, -0.2) is 30.5 Å². The van der Waals surface area contributed by atoms with Crippen molar-refractivity contribution in [2.75, 3.05) is 19.0 Å². The predicted octanol–water partition coefficient (Wildman–Crippen LogP) is 3.68. The molecule has 0 spiro atoms. The second-order valence-corrected chi connectivity index (χ2v) is 5.64. The molecule has 0 aliphatic rings. The number of ether oxygens (including phenoxy) is 1. The SMILES string of the molecule is CCOc1ccccc1NC(=O)C(C)N(C)Cc1cccc(F)c1. The van der Waals surface area contributed by atoms with Crippen molar-refractivity contribution in [2.24, 2.45) is 0 Å². The normalized spacial score (nSPS) is 12.0. The highest BCUT2D eigenvalue weighted by atomic mass is 19.1. The van der Waals surface area contributed by atoms with Gasteiger partial charge in [-0.15, -0.1) is 0 Å². The predicted molar refractivity (Wildman–Crippen MR) is 93.6 cm³/mol. The van der Waals surface area contributed by atoms with Gasteiger partial charge in [0.05, 0.1) is 18.3 Å². The van der Waals surface area contributed by atoms with E-state index in [-0.39, 0.29) is 17.8 Å². The number of para-hydroxylation sites is 2. The number of anilines is 1. The Labute approximate surface area is 142 Å². The number of carbonyl (C=O) groups is 1. The molecule has 0 aromatic heterocycles. The van der Waals surface area contributed by atoms with Crippen molar-refractivity contribution in [2.45, 2.75) is 26.4 Å². The molecule has 24 heavy (non-hydrogen) atoms. The average molecular weight is 330 g/mol. The molecule has 1 unspecified atom stereocenters. The van der Waals surface area contributed by atoms with Gasteiger partial charge in [0.15, 0.2) is 0 Å². The molecule has 1 atom stereocenters. The van der Waals surface area contributed by atoms with Crippen LogP contribution in [0.2, 0.25) is 0 Å². The highest BCUT2D eigenvalue weighted by Crippen LogP contribution is 2.24. The molecule has 2 aromatic rings. The lowest BCUT2D eigenvalue weighted by Gasteiger charge is -2.24. The molecule has 0 aliphatic carbocycles. The lowest BCUT2D eigenvalue weighted by atomic mass is 10.1. The fourth-order valence-corrected chi connectivity index (χ4v) is 2.35. The summed E-state index contributed by atoms with van der Waals surface area (Å²) in [6.07, 6.45) is 0. The van der Waals surface area contributed by atoms with Gasteiger partial charge in [-0.05, 0) is 50.7 Å². The Morgan fingerprint density at radius 1 is 1.25 bits per heavy atom. The molecule has 5 heteroatoms. The van der Waals surface area contributed by atoms with Crippen LogP contribution in [0.25, 0.3) is 0 Å². The van der Waals surface area contributed by atoms with Crippen LogP contribution in [0.1, 0.15) is 19.4 Å². The number of carbonyl (C=O) groups excluding carboxylic acids is 1. The molecule has 0 bridgehead atoms. The van der Waals surface area contributed by atoms with Crippen molar-refractivity contribution < 1.29 is 13.9 Å². The molecule has 1 amide bonds. The minimum Gasteiger partial charge on any atom is -0.492 e. The number of nitrogens with zero attached hydrogens (tertiary/aromatic N) is 1.